The average Bonchev–Trinajstić information content (AvgIpc) is 3.29. The quantitative estimate of drug-likeness (QED) is 0.744. The van der Waals surface area contributed by atoms with Gasteiger partial charge in [0.05, 0.1) is 5.69 Å². The van der Waals surface area contributed by atoms with Gasteiger partial charge in [-0.25, -0.2) is 4.68 Å². The van der Waals surface area contributed by atoms with Gasteiger partial charge < -0.3 is 10.2 Å². The average molecular weight is 375 g/mol. The van der Waals surface area contributed by atoms with E-state index < -0.39 is 0 Å². The summed E-state index contributed by atoms with van der Waals surface area (Å²) < 4.78 is 1.90. The highest BCUT2D eigenvalue weighted by molar-refractivity contribution is 5.92. The number of piperidine rings is 1. The zero-order valence-corrected chi connectivity index (χ0v) is 16.0. The number of aromatic nitrogens is 3. The summed E-state index contributed by atoms with van der Waals surface area (Å²) in [6.45, 7) is 3.69. The Labute approximate surface area is 165 Å². The molecule has 3 heterocycles. The van der Waals surface area contributed by atoms with E-state index in [1.165, 1.54) is 5.56 Å². The van der Waals surface area contributed by atoms with Crippen molar-refractivity contribution in [3.63, 3.8) is 0 Å². The molecule has 0 spiro atoms. The fourth-order valence-electron chi connectivity index (χ4n) is 3.82. The van der Waals surface area contributed by atoms with E-state index in [1.807, 2.05) is 40.0 Å². The minimum absolute atomic E-state index is 0.0242. The maximum atomic E-state index is 12.6. The van der Waals surface area contributed by atoms with Crippen LogP contribution in [0, 0.1) is 0 Å². The Hall–Kier alpha value is -2.99. The number of para-hydroxylation sites is 1. The predicted molar refractivity (Wildman–Crippen MR) is 108 cm³/mol. The highest BCUT2D eigenvalue weighted by Gasteiger charge is 2.25. The second-order valence-corrected chi connectivity index (χ2v) is 7.18. The van der Waals surface area contributed by atoms with Crippen molar-refractivity contribution in [3.05, 3.63) is 78.4 Å². The lowest BCUT2D eigenvalue weighted by Gasteiger charge is -2.34. The first kappa shape index (κ1) is 18.4. The molecule has 0 bridgehead atoms. The Morgan fingerprint density at radius 3 is 2.57 bits per heavy atom. The molecule has 28 heavy (non-hydrogen) atoms. The molecule has 1 unspecified atom stereocenters. The molecule has 0 radical (unpaired) electrons. The normalized spacial score (nSPS) is 16.1. The summed E-state index contributed by atoms with van der Waals surface area (Å²) >= 11 is 0. The third kappa shape index (κ3) is 3.97. The number of carbonyl (C=O) groups excluding carboxylic acids is 1. The molecule has 2 aromatic heterocycles. The molecule has 144 valence electrons. The fourth-order valence-corrected chi connectivity index (χ4v) is 3.82. The molecule has 1 N–H and O–H groups in total. The number of carbonyl (C=O) groups is 1. The monoisotopic (exact) mass is 375 g/mol. The van der Waals surface area contributed by atoms with E-state index in [1.54, 1.807) is 18.5 Å². The molecular formula is C22H25N5O. The maximum absolute atomic E-state index is 12.6. The van der Waals surface area contributed by atoms with Crippen LogP contribution in [0.2, 0.25) is 0 Å². The third-order valence-corrected chi connectivity index (χ3v) is 5.31. The minimum atomic E-state index is 0.0242. The first-order valence-corrected chi connectivity index (χ1v) is 9.77. The molecule has 1 aromatic carbocycles. The van der Waals surface area contributed by atoms with Gasteiger partial charge in [0, 0.05) is 43.8 Å². The zero-order chi connectivity index (χ0) is 19.3. The summed E-state index contributed by atoms with van der Waals surface area (Å²) in [6, 6.07) is 16.3. The lowest BCUT2D eigenvalue weighted by Crippen LogP contribution is -2.45. The van der Waals surface area contributed by atoms with E-state index in [9.17, 15) is 4.79 Å². The third-order valence-electron chi connectivity index (χ3n) is 5.31. The number of nitrogens with zero attached hydrogens (tertiary/aromatic N) is 4. The molecule has 1 fully saturated rings. The van der Waals surface area contributed by atoms with E-state index in [-0.39, 0.29) is 11.9 Å². The number of likely N-dealkylation sites (tertiary alicyclic amines) is 1. The van der Waals surface area contributed by atoms with Gasteiger partial charge in [-0.15, -0.1) is 0 Å². The molecule has 6 nitrogen and oxygen atoms in total. The maximum Gasteiger partial charge on any atom is 0.272 e. The van der Waals surface area contributed by atoms with Gasteiger partial charge >= 0.3 is 0 Å². The van der Waals surface area contributed by atoms with E-state index in [4.69, 9.17) is 0 Å². The minimum Gasteiger partial charge on any atom is -0.337 e. The van der Waals surface area contributed by atoms with Gasteiger partial charge in [-0.1, -0.05) is 24.3 Å². The van der Waals surface area contributed by atoms with Crippen LogP contribution in [0.15, 0.2) is 67.1 Å². The molecule has 0 saturated carbocycles. The van der Waals surface area contributed by atoms with Crippen LogP contribution in [0.1, 0.15) is 41.9 Å². The Morgan fingerprint density at radius 2 is 1.86 bits per heavy atom. The van der Waals surface area contributed by atoms with Crippen molar-refractivity contribution < 1.29 is 4.79 Å². The van der Waals surface area contributed by atoms with Gasteiger partial charge in [-0.05, 0) is 49.6 Å². The smallest absolute Gasteiger partial charge is 0.272 e. The van der Waals surface area contributed by atoms with Gasteiger partial charge in [-0.2, -0.15) is 5.10 Å². The molecule has 1 amide bonds. The Bertz CT molecular complexity index is 902. The van der Waals surface area contributed by atoms with Gasteiger partial charge in [0.15, 0.2) is 0 Å². The van der Waals surface area contributed by atoms with Crippen LogP contribution < -0.4 is 5.32 Å². The SMILES string of the molecule is CC(NC1CCN(C(=O)c2ccccn2)CC1)c1ccccc1-n1cccn1. The molecule has 3 aromatic rings. The zero-order valence-electron chi connectivity index (χ0n) is 16.0. The predicted octanol–water partition coefficient (Wildman–Crippen LogP) is 3.22. The van der Waals surface area contributed by atoms with E-state index in [2.05, 4.69) is 40.5 Å². The van der Waals surface area contributed by atoms with Crippen molar-refractivity contribution in [2.24, 2.45) is 0 Å². The van der Waals surface area contributed by atoms with Crippen LogP contribution >= 0.6 is 0 Å². The Morgan fingerprint density at radius 1 is 1.07 bits per heavy atom. The summed E-state index contributed by atoms with van der Waals surface area (Å²) in [5.74, 6) is 0.0242. The van der Waals surface area contributed by atoms with Crippen LogP contribution in [0.4, 0.5) is 0 Å². The summed E-state index contributed by atoms with van der Waals surface area (Å²) in [4.78, 5) is 18.6. The number of pyridine rings is 1. The summed E-state index contributed by atoms with van der Waals surface area (Å²) in [5, 5.41) is 8.12. The van der Waals surface area contributed by atoms with Crippen LogP contribution in [0.25, 0.3) is 5.69 Å². The highest BCUT2D eigenvalue weighted by Crippen LogP contribution is 2.23. The fraction of sp³-hybridized carbons (Fsp3) is 0.318. The van der Waals surface area contributed by atoms with Gasteiger partial charge in [0.1, 0.15) is 5.69 Å². The van der Waals surface area contributed by atoms with Crippen molar-refractivity contribution in [1.29, 1.82) is 0 Å². The van der Waals surface area contributed by atoms with Crippen LogP contribution in [0.3, 0.4) is 0 Å². The van der Waals surface area contributed by atoms with Crippen molar-refractivity contribution >= 4 is 5.91 Å². The summed E-state index contributed by atoms with van der Waals surface area (Å²) in [6.07, 6.45) is 7.30. The number of hydrogen-bond donors (Lipinski definition) is 1. The Kier molecular flexibility index (Phi) is 5.48. The molecule has 4 rings (SSSR count). The number of hydrogen-bond acceptors (Lipinski definition) is 4. The van der Waals surface area contributed by atoms with Gasteiger partial charge in [-0.3, -0.25) is 9.78 Å². The molecule has 1 aliphatic rings. The lowest BCUT2D eigenvalue weighted by molar-refractivity contribution is 0.0696. The van der Waals surface area contributed by atoms with Crippen LogP contribution in [-0.2, 0) is 0 Å². The van der Waals surface area contributed by atoms with Crippen molar-refractivity contribution in [2.45, 2.75) is 31.8 Å². The number of amides is 1. The standard InChI is InChI=1S/C22H25N5O/c1-17(19-7-2-3-9-21(19)27-14-6-13-24-27)25-18-10-15-26(16-11-18)22(28)20-8-4-5-12-23-20/h2-9,12-14,17-18,25H,10-11,15-16H2,1H3. The molecule has 1 saturated heterocycles. The molecule has 1 aliphatic heterocycles. The molecule has 6 heteroatoms. The number of rotatable bonds is 5. The van der Waals surface area contributed by atoms with Gasteiger partial charge in [0.25, 0.3) is 5.91 Å². The highest BCUT2D eigenvalue weighted by atomic mass is 16.2. The molecular weight excluding hydrogens is 350 g/mol. The van der Waals surface area contributed by atoms with Crippen molar-refractivity contribution in [1.82, 2.24) is 25.0 Å². The molecule has 1 atom stereocenters. The summed E-state index contributed by atoms with van der Waals surface area (Å²) in [7, 11) is 0. The Balaban J connectivity index is 1.37. The van der Waals surface area contributed by atoms with E-state index >= 15 is 0 Å². The van der Waals surface area contributed by atoms with Gasteiger partial charge in [0.2, 0.25) is 0 Å². The lowest BCUT2D eigenvalue weighted by atomic mass is 10.0. The first-order chi connectivity index (χ1) is 13.7. The van der Waals surface area contributed by atoms with E-state index in [0.717, 1.165) is 31.6 Å². The second kappa shape index (κ2) is 8.35. The van der Waals surface area contributed by atoms with Crippen molar-refractivity contribution in [3.8, 4) is 5.69 Å². The first-order valence-electron chi connectivity index (χ1n) is 9.77. The van der Waals surface area contributed by atoms with Crippen LogP contribution in [-0.4, -0.2) is 44.7 Å². The largest absolute Gasteiger partial charge is 0.337 e. The van der Waals surface area contributed by atoms with Crippen molar-refractivity contribution in [2.75, 3.05) is 13.1 Å². The number of nitrogens with one attached hydrogen (secondary N) is 1. The molecule has 0 aliphatic carbocycles. The topological polar surface area (TPSA) is 63.1 Å². The van der Waals surface area contributed by atoms with E-state index in [0.29, 0.717) is 11.7 Å². The second-order valence-electron chi connectivity index (χ2n) is 7.18. The summed E-state index contributed by atoms with van der Waals surface area (Å²) in [5.41, 5.74) is 2.84. The van der Waals surface area contributed by atoms with Crippen LogP contribution in [0.5, 0.6) is 0 Å². The number of benzene rings is 1.